The number of carbonyl (C=O) groups excluding carboxylic acids is 1. The number of carbonyl (C=O) groups is 1. The molecule has 0 saturated heterocycles. The lowest BCUT2D eigenvalue weighted by Gasteiger charge is -2.06. The summed E-state index contributed by atoms with van der Waals surface area (Å²) in [5.74, 6) is -0.754. The van der Waals surface area contributed by atoms with Crippen molar-refractivity contribution in [1.29, 1.82) is 0 Å². The molecule has 0 aromatic heterocycles. The maximum atomic E-state index is 11.7. The van der Waals surface area contributed by atoms with Crippen molar-refractivity contribution in [2.45, 2.75) is 24.7 Å². The smallest absolute Gasteiger partial charge is 0.262 e. The van der Waals surface area contributed by atoms with Crippen LogP contribution in [0, 0.1) is 0 Å². The van der Waals surface area contributed by atoms with E-state index in [4.69, 9.17) is 5.73 Å². The average molecular weight is 272 g/mol. The summed E-state index contributed by atoms with van der Waals surface area (Å²) in [7, 11) is -3.77. The topological polar surface area (TPSA) is 98.5 Å². The second kappa shape index (κ2) is 6.48. The van der Waals surface area contributed by atoms with Gasteiger partial charge in [-0.15, -0.1) is 0 Å². The minimum atomic E-state index is -3.77. The zero-order chi connectivity index (χ0) is 13.6. The number of primary amides is 1. The summed E-state index contributed by atoms with van der Waals surface area (Å²) in [5.41, 5.74) is 5.88. The van der Waals surface area contributed by atoms with Gasteiger partial charge in [0.15, 0.2) is 0 Å². The highest BCUT2D eigenvalue weighted by Gasteiger charge is 2.14. The Kier molecular flexibility index (Phi) is 5.26. The fraction of sp³-hybridized carbons (Fsp3) is 0.364. The van der Waals surface area contributed by atoms with Crippen molar-refractivity contribution < 1.29 is 18.0 Å². The summed E-state index contributed by atoms with van der Waals surface area (Å²) in [6, 6.07) is 6.46. The molecule has 0 aliphatic heterocycles. The Balaban J connectivity index is 2.69. The Morgan fingerprint density at radius 2 is 1.94 bits per heavy atom. The van der Waals surface area contributed by atoms with E-state index in [2.05, 4.69) is 4.84 Å². The van der Waals surface area contributed by atoms with Crippen LogP contribution in [0.25, 0.3) is 0 Å². The number of nitrogens with two attached hydrogens (primary N) is 1. The average Bonchev–Trinajstić information content (AvgIpc) is 2.29. The van der Waals surface area contributed by atoms with E-state index in [9.17, 15) is 13.2 Å². The molecule has 6 nitrogen and oxygen atoms in total. The van der Waals surface area contributed by atoms with Crippen LogP contribution in [0.3, 0.4) is 0 Å². The Bertz CT molecular complexity index is 496. The molecular weight excluding hydrogens is 256 g/mol. The van der Waals surface area contributed by atoms with Gasteiger partial charge in [0, 0.05) is 0 Å². The molecule has 1 aromatic rings. The van der Waals surface area contributed by atoms with Crippen LogP contribution in [-0.2, 0) is 26.1 Å². The van der Waals surface area contributed by atoms with Crippen LogP contribution in [0.5, 0.6) is 0 Å². The minimum Gasteiger partial charge on any atom is -0.368 e. The van der Waals surface area contributed by atoms with Crippen LogP contribution in [-0.4, -0.2) is 20.9 Å². The van der Waals surface area contributed by atoms with Gasteiger partial charge in [-0.05, 0) is 24.1 Å². The van der Waals surface area contributed by atoms with E-state index in [-0.39, 0.29) is 4.90 Å². The molecule has 0 heterocycles. The second-order valence-electron chi connectivity index (χ2n) is 3.74. The molecule has 0 spiro atoms. The first-order valence-corrected chi connectivity index (χ1v) is 6.95. The van der Waals surface area contributed by atoms with E-state index in [1.54, 1.807) is 12.1 Å². The SMILES string of the molecule is CCCc1ccc(S(=O)(=O)NOCC(N)=O)cc1. The number of nitrogens with one attached hydrogen (secondary N) is 1. The highest BCUT2D eigenvalue weighted by molar-refractivity contribution is 7.89. The summed E-state index contributed by atoms with van der Waals surface area (Å²) in [6.07, 6.45) is 1.89. The molecule has 1 rings (SSSR count). The van der Waals surface area contributed by atoms with Crippen LogP contribution in [0.1, 0.15) is 18.9 Å². The third-order valence-electron chi connectivity index (χ3n) is 2.16. The van der Waals surface area contributed by atoms with E-state index in [1.165, 1.54) is 12.1 Å². The molecule has 100 valence electrons. The van der Waals surface area contributed by atoms with Crippen LogP contribution in [0.15, 0.2) is 29.2 Å². The Morgan fingerprint density at radius 3 is 2.44 bits per heavy atom. The Hall–Kier alpha value is -1.44. The molecule has 0 bridgehead atoms. The van der Waals surface area contributed by atoms with Gasteiger partial charge in [0.05, 0.1) is 4.90 Å². The number of sulfonamides is 1. The highest BCUT2D eigenvalue weighted by atomic mass is 32.2. The molecular formula is C11H16N2O4S. The predicted molar refractivity (Wildman–Crippen MR) is 65.9 cm³/mol. The quantitative estimate of drug-likeness (QED) is 0.699. The monoisotopic (exact) mass is 272 g/mol. The molecule has 0 atom stereocenters. The van der Waals surface area contributed by atoms with Crippen molar-refractivity contribution >= 4 is 15.9 Å². The number of amides is 1. The summed E-state index contributed by atoms with van der Waals surface area (Å²) in [4.78, 5) is 16.8. The summed E-state index contributed by atoms with van der Waals surface area (Å²) < 4.78 is 23.4. The largest absolute Gasteiger partial charge is 0.368 e. The molecule has 1 amide bonds. The van der Waals surface area contributed by atoms with E-state index in [1.807, 2.05) is 11.8 Å². The normalized spacial score (nSPS) is 11.4. The van der Waals surface area contributed by atoms with Crippen molar-refractivity contribution in [1.82, 2.24) is 4.89 Å². The zero-order valence-electron chi connectivity index (χ0n) is 10.0. The molecule has 0 saturated carbocycles. The number of aryl methyl sites for hydroxylation is 1. The number of hydrogen-bond donors (Lipinski definition) is 2. The van der Waals surface area contributed by atoms with Gasteiger partial charge in [-0.3, -0.25) is 9.63 Å². The van der Waals surface area contributed by atoms with E-state index in [0.717, 1.165) is 18.4 Å². The molecule has 1 aromatic carbocycles. The fourth-order valence-corrected chi connectivity index (χ4v) is 2.15. The van der Waals surface area contributed by atoms with Crippen molar-refractivity contribution in [2.75, 3.05) is 6.61 Å². The minimum absolute atomic E-state index is 0.0758. The van der Waals surface area contributed by atoms with Gasteiger partial charge in [-0.25, -0.2) is 8.42 Å². The maximum absolute atomic E-state index is 11.7. The number of rotatable bonds is 7. The van der Waals surface area contributed by atoms with Crippen molar-refractivity contribution in [2.24, 2.45) is 5.73 Å². The van der Waals surface area contributed by atoms with Crippen LogP contribution in [0.2, 0.25) is 0 Å². The van der Waals surface area contributed by atoms with Gasteiger partial charge < -0.3 is 5.73 Å². The van der Waals surface area contributed by atoms with Gasteiger partial charge in [0.1, 0.15) is 6.61 Å². The molecule has 7 heteroatoms. The first kappa shape index (κ1) is 14.6. The fourth-order valence-electron chi connectivity index (χ4n) is 1.35. The predicted octanol–water partition coefficient (Wildman–Crippen LogP) is 0.334. The summed E-state index contributed by atoms with van der Waals surface area (Å²) >= 11 is 0. The highest BCUT2D eigenvalue weighted by Crippen LogP contribution is 2.11. The molecule has 0 aliphatic rings. The second-order valence-corrected chi connectivity index (χ2v) is 5.38. The van der Waals surface area contributed by atoms with Crippen molar-refractivity contribution in [3.05, 3.63) is 29.8 Å². The molecule has 3 N–H and O–H groups in total. The van der Waals surface area contributed by atoms with Crippen LogP contribution in [0.4, 0.5) is 0 Å². The van der Waals surface area contributed by atoms with Crippen LogP contribution < -0.4 is 10.6 Å². The van der Waals surface area contributed by atoms with Gasteiger partial charge in [-0.2, -0.15) is 0 Å². The molecule has 0 aliphatic carbocycles. The molecule has 0 radical (unpaired) electrons. The summed E-state index contributed by atoms with van der Waals surface area (Å²) in [6.45, 7) is 1.54. The van der Waals surface area contributed by atoms with Crippen molar-refractivity contribution in [3.8, 4) is 0 Å². The Morgan fingerprint density at radius 1 is 1.33 bits per heavy atom. The van der Waals surface area contributed by atoms with Gasteiger partial charge in [0.25, 0.3) is 10.0 Å². The van der Waals surface area contributed by atoms with Crippen LogP contribution >= 0.6 is 0 Å². The van der Waals surface area contributed by atoms with E-state index < -0.39 is 22.5 Å². The van der Waals surface area contributed by atoms with E-state index in [0.29, 0.717) is 0 Å². The maximum Gasteiger partial charge on any atom is 0.262 e. The third-order valence-corrected chi connectivity index (χ3v) is 3.39. The standard InChI is InChI=1S/C11H16N2O4S/c1-2-3-9-4-6-10(7-5-9)18(15,16)13-17-8-11(12)14/h4-7,13H,2-3,8H2,1H3,(H2,12,14). The lowest BCUT2D eigenvalue weighted by atomic mass is 10.1. The zero-order valence-corrected chi connectivity index (χ0v) is 10.9. The number of hydrogen-bond acceptors (Lipinski definition) is 4. The molecule has 0 unspecified atom stereocenters. The van der Waals surface area contributed by atoms with E-state index >= 15 is 0 Å². The first-order valence-electron chi connectivity index (χ1n) is 5.46. The van der Waals surface area contributed by atoms with Gasteiger partial charge >= 0.3 is 0 Å². The summed E-state index contributed by atoms with van der Waals surface area (Å²) in [5, 5.41) is 0. The van der Waals surface area contributed by atoms with Gasteiger partial charge in [0.2, 0.25) is 5.91 Å². The Labute approximate surface area is 106 Å². The first-order chi connectivity index (χ1) is 8.45. The number of benzene rings is 1. The van der Waals surface area contributed by atoms with Crippen molar-refractivity contribution in [3.63, 3.8) is 0 Å². The lowest BCUT2D eigenvalue weighted by molar-refractivity contribution is -0.123. The molecule has 18 heavy (non-hydrogen) atoms. The lowest BCUT2D eigenvalue weighted by Crippen LogP contribution is -2.29. The van der Waals surface area contributed by atoms with Gasteiger partial charge in [-0.1, -0.05) is 30.4 Å². The third kappa shape index (κ3) is 4.44. The molecule has 0 fully saturated rings.